The van der Waals surface area contributed by atoms with Crippen molar-refractivity contribution in [2.45, 2.75) is 38.2 Å². The quantitative estimate of drug-likeness (QED) is 0.655. The summed E-state index contributed by atoms with van der Waals surface area (Å²) < 4.78 is 5.12. The largest absolute Gasteiger partial charge is 0.380 e. The maximum Gasteiger partial charge on any atom is 0.238 e. The molecule has 0 bridgehead atoms. The Balaban J connectivity index is 1.85. The van der Waals surface area contributed by atoms with E-state index in [-0.39, 0.29) is 30.9 Å². The minimum absolute atomic E-state index is 0.0297. The Morgan fingerprint density at radius 1 is 1.12 bits per heavy atom. The second kappa shape index (κ2) is 10.9. The molecule has 2 rings (SSSR count). The molecule has 1 heterocycles. The van der Waals surface area contributed by atoms with Gasteiger partial charge >= 0.3 is 0 Å². The van der Waals surface area contributed by atoms with E-state index < -0.39 is 0 Å². The third-order valence-corrected chi connectivity index (χ3v) is 4.51. The second-order valence-electron chi connectivity index (χ2n) is 6.67. The highest BCUT2D eigenvalue weighted by molar-refractivity contribution is 5.95. The molecule has 0 aliphatic carbocycles. The van der Waals surface area contributed by atoms with Crippen molar-refractivity contribution in [3.05, 3.63) is 24.3 Å². The molecule has 4 N–H and O–H groups in total. The van der Waals surface area contributed by atoms with Gasteiger partial charge in [-0.3, -0.25) is 14.5 Å². The molecule has 1 aromatic carbocycles. The van der Waals surface area contributed by atoms with Gasteiger partial charge in [-0.25, -0.2) is 0 Å². The molecule has 1 aliphatic heterocycles. The number of rotatable bonds is 8. The highest BCUT2D eigenvalue weighted by Crippen LogP contribution is 2.16. The van der Waals surface area contributed by atoms with E-state index in [4.69, 9.17) is 10.5 Å². The number of benzene rings is 1. The second-order valence-corrected chi connectivity index (χ2v) is 6.67. The first kappa shape index (κ1) is 20.4. The van der Waals surface area contributed by atoms with Crippen LogP contribution in [0.5, 0.6) is 0 Å². The lowest BCUT2D eigenvalue weighted by atomic mass is 10.2. The lowest BCUT2D eigenvalue weighted by Crippen LogP contribution is -2.33. The summed E-state index contributed by atoms with van der Waals surface area (Å²) in [4.78, 5) is 26.5. The number of nitrogens with two attached hydrogens (primary N) is 1. The van der Waals surface area contributed by atoms with Crippen molar-refractivity contribution in [1.82, 2.24) is 4.90 Å². The molecule has 144 valence electrons. The predicted molar refractivity (Wildman–Crippen MR) is 103 cm³/mol. The fourth-order valence-electron chi connectivity index (χ4n) is 3.05. The van der Waals surface area contributed by atoms with Crippen LogP contribution in [0.4, 0.5) is 11.4 Å². The predicted octanol–water partition coefficient (Wildman–Crippen LogP) is 1.80. The fraction of sp³-hybridized carbons (Fsp3) is 0.579. The van der Waals surface area contributed by atoms with Gasteiger partial charge in [-0.2, -0.15) is 0 Å². The van der Waals surface area contributed by atoms with E-state index in [1.807, 2.05) is 6.07 Å². The van der Waals surface area contributed by atoms with Crippen molar-refractivity contribution < 1.29 is 14.3 Å². The Kier molecular flexibility index (Phi) is 8.53. The van der Waals surface area contributed by atoms with Gasteiger partial charge in [0.05, 0.1) is 19.1 Å². The highest BCUT2D eigenvalue weighted by atomic mass is 16.5. The van der Waals surface area contributed by atoms with Gasteiger partial charge in [0.2, 0.25) is 11.8 Å². The first-order valence-electron chi connectivity index (χ1n) is 9.25. The van der Waals surface area contributed by atoms with Gasteiger partial charge < -0.3 is 21.1 Å². The van der Waals surface area contributed by atoms with Gasteiger partial charge in [-0.05, 0) is 44.1 Å². The van der Waals surface area contributed by atoms with Crippen LogP contribution in [-0.4, -0.2) is 56.1 Å². The average Bonchev–Trinajstić information content (AvgIpc) is 2.88. The van der Waals surface area contributed by atoms with Crippen LogP contribution < -0.4 is 16.4 Å². The topological polar surface area (TPSA) is 96.7 Å². The van der Waals surface area contributed by atoms with E-state index in [0.29, 0.717) is 17.9 Å². The van der Waals surface area contributed by atoms with Crippen LogP contribution in [0.15, 0.2) is 24.3 Å². The number of ether oxygens (including phenoxy) is 1. The van der Waals surface area contributed by atoms with Crippen molar-refractivity contribution in [3.8, 4) is 0 Å². The number of anilines is 2. The molecule has 1 saturated heterocycles. The number of hydrogen-bond donors (Lipinski definition) is 3. The first-order chi connectivity index (χ1) is 12.6. The van der Waals surface area contributed by atoms with E-state index in [9.17, 15) is 9.59 Å². The Morgan fingerprint density at radius 3 is 2.31 bits per heavy atom. The van der Waals surface area contributed by atoms with Gasteiger partial charge in [-0.1, -0.05) is 18.9 Å². The molecule has 0 aromatic heterocycles. The summed E-state index contributed by atoms with van der Waals surface area (Å²) in [6.45, 7) is 2.65. The van der Waals surface area contributed by atoms with Crippen molar-refractivity contribution >= 4 is 23.2 Å². The van der Waals surface area contributed by atoms with Gasteiger partial charge in [0, 0.05) is 25.0 Å². The summed E-state index contributed by atoms with van der Waals surface area (Å²) in [7, 11) is 1.53. The lowest BCUT2D eigenvalue weighted by molar-refractivity contribution is -0.118. The SMILES string of the molecule is COC(CN)CC(=O)Nc1cccc(NC(=O)CN2CCCCCC2)c1. The van der Waals surface area contributed by atoms with Gasteiger partial charge in [0.1, 0.15) is 0 Å². The molecule has 26 heavy (non-hydrogen) atoms. The van der Waals surface area contributed by atoms with Gasteiger partial charge in [0.25, 0.3) is 0 Å². The Morgan fingerprint density at radius 2 is 1.73 bits per heavy atom. The number of likely N-dealkylation sites (tertiary alicyclic amines) is 1. The van der Waals surface area contributed by atoms with E-state index in [2.05, 4.69) is 15.5 Å². The van der Waals surface area contributed by atoms with Crippen molar-refractivity contribution in [2.75, 3.05) is 43.9 Å². The van der Waals surface area contributed by atoms with Crippen LogP contribution in [0.3, 0.4) is 0 Å². The number of methoxy groups -OCH3 is 1. The number of carbonyl (C=O) groups excluding carboxylic acids is 2. The zero-order chi connectivity index (χ0) is 18.8. The summed E-state index contributed by atoms with van der Waals surface area (Å²) >= 11 is 0. The zero-order valence-corrected chi connectivity index (χ0v) is 15.5. The van der Waals surface area contributed by atoms with Crippen molar-refractivity contribution in [1.29, 1.82) is 0 Å². The molecule has 7 nitrogen and oxygen atoms in total. The summed E-state index contributed by atoms with van der Waals surface area (Å²) in [5, 5.41) is 5.72. The molecule has 0 saturated carbocycles. The average molecular weight is 362 g/mol. The molecule has 1 aliphatic rings. The molecule has 1 unspecified atom stereocenters. The van der Waals surface area contributed by atoms with Crippen molar-refractivity contribution in [2.24, 2.45) is 5.73 Å². The number of carbonyl (C=O) groups is 2. The minimum atomic E-state index is -0.300. The minimum Gasteiger partial charge on any atom is -0.380 e. The lowest BCUT2D eigenvalue weighted by Gasteiger charge is -2.19. The van der Waals surface area contributed by atoms with E-state index in [1.54, 1.807) is 18.2 Å². The molecule has 2 amide bonds. The van der Waals surface area contributed by atoms with E-state index in [0.717, 1.165) is 25.9 Å². The normalized spacial score (nSPS) is 16.5. The van der Waals surface area contributed by atoms with Gasteiger partial charge in [0.15, 0.2) is 0 Å². The van der Waals surface area contributed by atoms with Crippen LogP contribution in [0.25, 0.3) is 0 Å². The number of nitrogens with one attached hydrogen (secondary N) is 2. The fourth-order valence-corrected chi connectivity index (χ4v) is 3.05. The number of amides is 2. The zero-order valence-electron chi connectivity index (χ0n) is 15.5. The maximum absolute atomic E-state index is 12.3. The van der Waals surface area contributed by atoms with Crippen LogP contribution >= 0.6 is 0 Å². The summed E-state index contributed by atoms with van der Waals surface area (Å²) in [5.41, 5.74) is 6.84. The summed E-state index contributed by atoms with van der Waals surface area (Å²) in [6, 6.07) is 7.15. The van der Waals surface area contributed by atoms with E-state index in [1.165, 1.54) is 20.0 Å². The molecular formula is C19H30N4O3. The Bertz CT molecular complexity index is 582. The number of nitrogens with zero attached hydrogens (tertiary/aromatic N) is 1. The highest BCUT2D eigenvalue weighted by Gasteiger charge is 2.14. The Hall–Kier alpha value is -1.96. The molecule has 1 aromatic rings. The molecule has 7 heteroatoms. The van der Waals surface area contributed by atoms with Crippen LogP contribution in [0, 0.1) is 0 Å². The van der Waals surface area contributed by atoms with E-state index >= 15 is 0 Å². The summed E-state index contributed by atoms with van der Waals surface area (Å²) in [6.07, 6.45) is 4.69. The van der Waals surface area contributed by atoms with Crippen LogP contribution in [0.2, 0.25) is 0 Å². The maximum atomic E-state index is 12.3. The monoisotopic (exact) mass is 362 g/mol. The van der Waals surface area contributed by atoms with Gasteiger partial charge in [-0.15, -0.1) is 0 Å². The first-order valence-corrected chi connectivity index (χ1v) is 9.25. The van der Waals surface area contributed by atoms with Crippen molar-refractivity contribution in [3.63, 3.8) is 0 Å². The molecular weight excluding hydrogens is 332 g/mol. The van der Waals surface area contributed by atoms with Crippen LogP contribution in [0.1, 0.15) is 32.1 Å². The summed E-state index contributed by atoms with van der Waals surface area (Å²) in [5.74, 6) is -0.201. The smallest absolute Gasteiger partial charge is 0.238 e. The molecule has 0 radical (unpaired) electrons. The molecule has 1 atom stereocenters. The Labute approximate surface area is 155 Å². The third-order valence-electron chi connectivity index (χ3n) is 4.51. The standard InChI is InChI=1S/C19H30N4O3/c1-26-17(13-20)12-18(24)21-15-7-6-8-16(11-15)22-19(25)14-23-9-4-2-3-5-10-23/h6-8,11,17H,2-5,9-10,12-14,20H2,1H3,(H,21,24)(H,22,25). The third kappa shape index (κ3) is 7.11. The van der Waals surface area contributed by atoms with Crippen LogP contribution in [-0.2, 0) is 14.3 Å². The molecule has 1 fully saturated rings. The molecule has 0 spiro atoms. The number of hydrogen-bond acceptors (Lipinski definition) is 5.